The van der Waals surface area contributed by atoms with Crippen molar-refractivity contribution in [2.24, 2.45) is 0 Å². The summed E-state index contributed by atoms with van der Waals surface area (Å²) in [5, 5.41) is 18.2. The molecule has 2 aliphatic rings. The number of ketones is 1. The van der Waals surface area contributed by atoms with E-state index >= 15 is 0 Å². The highest BCUT2D eigenvalue weighted by atomic mass is 79.9. The number of benzene rings is 3. The molecule has 0 fully saturated rings. The standard InChI is InChI=1S/C27H24BrClN2O3/c1-2-34-24-14-17(11-19(28)27(24)33)26-25-22(30-20-5-3-4-6-21(20)31-26)12-16(13-23(25)32)15-7-9-18(29)10-8-15/h3-11,14,16,26,30-31,33H,2,12-13H2,1H3/t16-,26+/m0/s1. The molecule has 174 valence electrons. The third kappa shape index (κ3) is 4.28. The van der Waals surface area contributed by atoms with Crippen LogP contribution in [0.2, 0.25) is 5.02 Å². The van der Waals surface area contributed by atoms with Crippen molar-refractivity contribution in [2.45, 2.75) is 31.7 Å². The molecule has 3 N–H and O–H groups in total. The van der Waals surface area contributed by atoms with Crippen molar-refractivity contribution in [2.75, 3.05) is 17.2 Å². The maximum absolute atomic E-state index is 13.7. The molecule has 2 atom stereocenters. The summed E-state index contributed by atoms with van der Waals surface area (Å²) >= 11 is 9.53. The van der Waals surface area contributed by atoms with Crippen LogP contribution in [0.4, 0.5) is 11.4 Å². The summed E-state index contributed by atoms with van der Waals surface area (Å²) in [6.45, 7) is 2.29. The van der Waals surface area contributed by atoms with Crippen molar-refractivity contribution in [1.82, 2.24) is 0 Å². The Bertz CT molecular complexity index is 1290. The van der Waals surface area contributed by atoms with Crippen LogP contribution in [0.1, 0.15) is 42.9 Å². The fourth-order valence-corrected chi connectivity index (χ4v) is 5.32. The largest absolute Gasteiger partial charge is 0.503 e. The van der Waals surface area contributed by atoms with Gasteiger partial charge in [0.1, 0.15) is 0 Å². The van der Waals surface area contributed by atoms with E-state index in [0.717, 1.165) is 28.2 Å². The first-order chi connectivity index (χ1) is 16.4. The van der Waals surface area contributed by atoms with Crippen LogP contribution in [0.5, 0.6) is 11.5 Å². The first kappa shape index (κ1) is 22.8. The molecule has 0 bridgehead atoms. The van der Waals surface area contributed by atoms with Crippen LogP contribution in [-0.2, 0) is 4.79 Å². The Labute approximate surface area is 211 Å². The van der Waals surface area contributed by atoms with Crippen molar-refractivity contribution >= 4 is 44.7 Å². The van der Waals surface area contributed by atoms with Gasteiger partial charge < -0.3 is 20.5 Å². The van der Waals surface area contributed by atoms with E-state index in [1.54, 1.807) is 6.07 Å². The van der Waals surface area contributed by atoms with Gasteiger partial charge in [0.15, 0.2) is 17.3 Å². The second-order valence-electron chi connectivity index (χ2n) is 8.50. The molecule has 0 spiro atoms. The van der Waals surface area contributed by atoms with E-state index in [4.69, 9.17) is 16.3 Å². The molecule has 1 aliphatic carbocycles. The molecule has 1 aliphatic heterocycles. The highest BCUT2D eigenvalue weighted by Crippen LogP contribution is 2.46. The van der Waals surface area contributed by atoms with Gasteiger partial charge in [0.2, 0.25) is 0 Å². The predicted molar refractivity (Wildman–Crippen MR) is 139 cm³/mol. The molecule has 5 rings (SSSR count). The summed E-state index contributed by atoms with van der Waals surface area (Å²) < 4.78 is 6.18. The quantitative estimate of drug-likeness (QED) is 0.327. The maximum Gasteiger partial charge on any atom is 0.172 e. The Morgan fingerprint density at radius 1 is 1.06 bits per heavy atom. The van der Waals surface area contributed by atoms with Crippen LogP contribution in [-0.4, -0.2) is 17.5 Å². The van der Waals surface area contributed by atoms with E-state index in [9.17, 15) is 9.90 Å². The number of halogens is 2. The lowest BCUT2D eigenvalue weighted by Gasteiger charge is -2.30. The third-order valence-corrected chi connectivity index (χ3v) is 7.19. The summed E-state index contributed by atoms with van der Waals surface area (Å²) in [7, 11) is 0. The van der Waals surface area contributed by atoms with Gasteiger partial charge in [-0.25, -0.2) is 0 Å². The predicted octanol–water partition coefficient (Wildman–Crippen LogP) is 7.19. The van der Waals surface area contributed by atoms with Gasteiger partial charge in [-0.3, -0.25) is 4.79 Å². The number of allylic oxidation sites excluding steroid dienone is 1. The van der Waals surface area contributed by atoms with Crippen molar-refractivity contribution in [3.05, 3.63) is 92.6 Å². The number of carbonyl (C=O) groups is 1. The summed E-state index contributed by atoms with van der Waals surface area (Å²) in [5.74, 6) is 0.571. The average Bonchev–Trinajstić information content (AvgIpc) is 2.99. The van der Waals surface area contributed by atoms with E-state index in [1.807, 2.05) is 61.5 Å². The summed E-state index contributed by atoms with van der Waals surface area (Å²) in [5.41, 5.74) is 5.36. The highest BCUT2D eigenvalue weighted by Gasteiger charge is 2.36. The van der Waals surface area contributed by atoms with Gasteiger partial charge >= 0.3 is 0 Å². The summed E-state index contributed by atoms with van der Waals surface area (Å²) in [6, 6.07) is 18.9. The lowest BCUT2D eigenvalue weighted by atomic mass is 9.78. The minimum absolute atomic E-state index is 0.0460. The zero-order valence-electron chi connectivity index (χ0n) is 18.6. The summed E-state index contributed by atoms with van der Waals surface area (Å²) in [6.07, 6.45) is 1.11. The minimum atomic E-state index is -0.402. The maximum atomic E-state index is 13.7. The van der Waals surface area contributed by atoms with Crippen molar-refractivity contribution in [1.29, 1.82) is 0 Å². The normalized spacial score (nSPS) is 19.4. The lowest BCUT2D eigenvalue weighted by molar-refractivity contribution is -0.116. The number of ether oxygens (including phenoxy) is 1. The number of Topliss-reactive ketones (excluding diaryl/α,β-unsaturated/α-hetero) is 1. The lowest BCUT2D eigenvalue weighted by Crippen LogP contribution is -2.27. The molecule has 0 radical (unpaired) electrons. The average molecular weight is 540 g/mol. The number of fused-ring (bicyclic) bond motifs is 1. The van der Waals surface area contributed by atoms with Crippen LogP contribution in [0, 0.1) is 0 Å². The number of hydrogen-bond donors (Lipinski definition) is 3. The molecule has 34 heavy (non-hydrogen) atoms. The fourth-order valence-electron chi connectivity index (χ4n) is 4.74. The van der Waals surface area contributed by atoms with Crippen molar-refractivity contribution in [3.63, 3.8) is 0 Å². The molecule has 5 nitrogen and oxygen atoms in total. The number of anilines is 2. The molecule has 0 unspecified atom stereocenters. The zero-order valence-corrected chi connectivity index (χ0v) is 20.9. The number of phenols is 1. The van der Waals surface area contributed by atoms with E-state index in [2.05, 4.69) is 26.6 Å². The van der Waals surface area contributed by atoms with Gasteiger partial charge in [0.25, 0.3) is 0 Å². The highest BCUT2D eigenvalue weighted by molar-refractivity contribution is 9.10. The fraction of sp³-hybridized carbons (Fsp3) is 0.222. The molecule has 3 aromatic rings. The molecular weight excluding hydrogens is 516 g/mol. The van der Waals surface area contributed by atoms with Crippen LogP contribution >= 0.6 is 27.5 Å². The molecule has 7 heteroatoms. The number of phenolic OH excluding ortho intramolecular Hbond substituents is 1. The topological polar surface area (TPSA) is 70.6 Å². The molecule has 0 saturated carbocycles. The van der Waals surface area contributed by atoms with Crippen molar-refractivity contribution in [3.8, 4) is 11.5 Å². The number of nitrogens with one attached hydrogen (secondary N) is 2. The van der Waals surface area contributed by atoms with Crippen LogP contribution in [0.25, 0.3) is 0 Å². The van der Waals surface area contributed by atoms with Crippen LogP contribution < -0.4 is 15.4 Å². The number of carbonyl (C=O) groups excluding carboxylic acids is 1. The van der Waals surface area contributed by atoms with Gasteiger partial charge in [-0.1, -0.05) is 35.9 Å². The second kappa shape index (κ2) is 9.35. The Morgan fingerprint density at radius 2 is 1.79 bits per heavy atom. The van der Waals surface area contributed by atoms with Crippen LogP contribution in [0.3, 0.4) is 0 Å². The SMILES string of the molecule is CCOc1cc([C@H]2Nc3ccccc3NC3=C2C(=O)C[C@@H](c2ccc(Cl)cc2)C3)cc(Br)c1O. The Hall–Kier alpha value is -2.96. The first-order valence-corrected chi connectivity index (χ1v) is 12.4. The third-order valence-electron chi connectivity index (χ3n) is 6.33. The summed E-state index contributed by atoms with van der Waals surface area (Å²) in [4.78, 5) is 13.7. The number of rotatable bonds is 4. The van der Waals surface area contributed by atoms with E-state index < -0.39 is 6.04 Å². The number of para-hydroxylation sites is 2. The Balaban J connectivity index is 1.62. The Morgan fingerprint density at radius 3 is 2.53 bits per heavy atom. The molecular formula is C27H24BrClN2O3. The molecule has 0 aromatic heterocycles. The first-order valence-electron chi connectivity index (χ1n) is 11.2. The van der Waals surface area contributed by atoms with Gasteiger partial charge in [0.05, 0.1) is 28.5 Å². The number of hydrogen-bond acceptors (Lipinski definition) is 5. The Kier molecular flexibility index (Phi) is 6.28. The van der Waals surface area contributed by atoms with Crippen molar-refractivity contribution < 1.29 is 14.6 Å². The monoisotopic (exact) mass is 538 g/mol. The minimum Gasteiger partial charge on any atom is -0.503 e. The molecule has 1 heterocycles. The van der Waals surface area contributed by atoms with Gasteiger partial charge in [-0.15, -0.1) is 0 Å². The molecule has 0 saturated heterocycles. The second-order valence-corrected chi connectivity index (χ2v) is 9.79. The van der Waals surface area contributed by atoms with Gasteiger partial charge in [0, 0.05) is 22.7 Å². The molecule has 0 amide bonds. The van der Waals surface area contributed by atoms with Crippen LogP contribution in [0.15, 0.2) is 76.4 Å². The zero-order chi connectivity index (χ0) is 23.8. The van der Waals surface area contributed by atoms with Gasteiger partial charge in [-0.05, 0) is 82.7 Å². The number of aromatic hydroxyl groups is 1. The van der Waals surface area contributed by atoms with E-state index in [0.29, 0.717) is 40.3 Å². The smallest absolute Gasteiger partial charge is 0.172 e. The molecule has 3 aromatic carbocycles. The van der Waals surface area contributed by atoms with Gasteiger partial charge in [-0.2, -0.15) is 0 Å². The van der Waals surface area contributed by atoms with E-state index in [1.165, 1.54) is 0 Å². The van der Waals surface area contributed by atoms with E-state index in [-0.39, 0.29) is 17.5 Å².